The van der Waals surface area contributed by atoms with Gasteiger partial charge in [0.05, 0.1) is 23.2 Å². The number of anilines is 1. The van der Waals surface area contributed by atoms with Crippen LogP contribution in [0.3, 0.4) is 0 Å². The van der Waals surface area contributed by atoms with E-state index in [1.165, 1.54) is 23.1 Å². The first-order chi connectivity index (χ1) is 15.2. The molecule has 2 atom stereocenters. The van der Waals surface area contributed by atoms with E-state index in [0.717, 1.165) is 6.26 Å². The highest BCUT2D eigenvalue weighted by Gasteiger charge is 2.44. The van der Waals surface area contributed by atoms with Crippen molar-refractivity contribution in [2.75, 3.05) is 24.2 Å². The molecule has 0 saturated carbocycles. The molecule has 3 aromatic rings. The third kappa shape index (κ3) is 3.51. The lowest BCUT2D eigenvalue weighted by Gasteiger charge is -2.33. The molecule has 2 fully saturated rings. The zero-order valence-corrected chi connectivity index (χ0v) is 17.9. The molecule has 8 nitrogen and oxygen atoms in total. The average molecular weight is 462 g/mol. The number of aromatic nitrogens is 1. The Balaban J connectivity index is 1.54. The number of benzene rings is 2. The number of amides is 2. The summed E-state index contributed by atoms with van der Waals surface area (Å²) in [6.45, 7) is 0.553. The van der Waals surface area contributed by atoms with Crippen molar-refractivity contribution >= 4 is 32.8 Å². The SMILES string of the molecule is CS(=O)(=O)N[C@@H]1CC[C@@H]2CN(c3noc4cccc(-c5c(F)cccc5F)c34)C(=O)N2C1. The third-order valence-electron chi connectivity index (χ3n) is 5.92. The van der Waals surface area contributed by atoms with Crippen LogP contribution in [0.1, 0.15) is 12.8 Å². The second-order valence-corrected chi connectivity index (χ2v) is 9.93. The maximum atomic E-state index is 14.5. The van der Waals surface area contributed by atoms with Gasteiger partial charge < -0.3 is 9.42 Å². The number of carbonyl (C=O) groups excluding carboxylic acids is 1. The molecular formula is C21H20F2N4O4S. The lowest BCUT2D eigenvalue weighted by atomic mass is 9.99. The first-order valence-corrected chi connectivity index (χ1v) is 12.0. The quantitative estimate of drug-likeness (QED) is 0.643. The fourth-order valence-electron chi connectivity index (χ4n) is 4.59. The predicted molar refractivity (Wildman–Crippen MR) is 114 cm³/mol. The normalized spacial score (nSPS) is 21.4. The fourth-order valence-corrected chi connectivity index (χ4v) is 5.39. The van der Waals surface area contributed by atoms with Crippen molar-refractivity contribution in [3.05, 3.63) is 48.0 Å². The zero-order valence-electron chi connectivity index (χ0n) is 17.1. The predicted octanol–water partition coefficient (Wildman–Crippen LogP) is 3.10. The molecule has 1 aromatic heterocycles. The Labute approximate surface area is 182 Å². The lowest BCUT2D eigenvalue weighted by Crippen LogP contribution is -2.51. The van der Waals surface area contributed by atoms with E-state index < -0.39 is 21.7 Å². The molecule has 0 bridgehead atoms. The van der Waals surface area contributed by atoms with Gasteiger partial charge in [-0.1, -0.05) is 23.4 Å². The van der Waals surface area contributed by atoms with Gasteiger partial charge in [0.1, 0.15) is 11.6 Å². The van der Waals surface area contributed by atoms with E-state index in [4.69, 9.17) is 4.52 Å². The Kier molecular flexibility index (Phi) is 4.90. The van der Waals surface area contributed by atoms with Gasteiger partial charge in [0.15, 0.2) is 11.4 Å². The number of rotatable bonds is 4. The largest absolute Gasteiger partial charge is 0.354 e. The van der Waals surface area contributed by atoms with Crippen LogP contribution in [0.15, 0.2) is 40.9 Å². The Morgan fingerprint density at radius 3 is 2.53 bits per heavy atom. The molecule has 168 valence electrons. The summed E-state index contributed by atoms with van der Waals surface area (Å²) in [4.78, 5) is 16.3. The van der Waals surface area contributed by atoms with Gasteiger partial charge in [-0.25, -0.2) is 26.7 Å². The van der Waals surface area contributed by atoms with Crippen molar-refractivity contribution in [2.24, 2.45) is 0 Å². The van der Waals surface area contributed by atoms with Crippen molar-refractivity contribution in [3.8, 4) is 11.1 Å². The molecule has 3 heterocycles. The van der Waals surface area contributed by atoms with Crippen LogP contribution in [0.4, 0.5) is 19.4 Å². The number of hydrogen-bond donors (Lipinski definition) is 1. The Bertz CT molecular complexity index is 1310. The highest BCUT2D eigenvalue weighted by atomic mass is 32.2. The lowest BCUT2D eigenvalue weighted by molar-refractivity contribution is 0.174. The van der Waals surface area contributed by atoms with E-state index in [0.29, 0.717) is 30.4 Å². The minimum atomic E-state index is -3.40. The number of sulfonamides is 1. The molecule has 5 rings (SSSR count). The number of piperidine rings is 1. The van der Waals surface area contributed by atoms with Crippen LogP contribution in [0.25, 0.3) is 22.1 Å². The van der Waals surface area contributed by atoms with Crippen LogP contribution in [-0.4, -0.2) is 55.9 Å². The maximum absolute atomic E-state index is 14.5. The van der Waals surface area contributed by atoms with Crippen molar-refractivity contribution < 1.29 is 26.5 Å². The number of carbonyl (C=O) groups is 1. The second kappa shape index (κ2) is 7.52. The van der Waals surface area contributed by atoms with Gasteiger partial charge in [0.2, 0.25) is 10.0 Å². The van der Waals surface area contributed by atoms with Crippen LogP contribution in [0.2, 0.25) is 0 Å². The third-order valence-corrected chi connectivity index (χ3v) is 6.69. The Hall–Kier alpha value is -3.05. The summed E-state index contributed by atoms with van der Waals surface area (Å²) < 4.78 is 60.2. The number of hydrogen-bond acceptors (Lipinski definition) is 5. The van der Waals surface area contributed by atoms with E-state index >= 15 is 0 Å². The summed E-state index contributed by atoms with van der Waals surface area (Å²) in [7, 11) is -3.40. The van der Waals surface area contributed by atoms with E-state index in [2.05, 4.69) is 9.88 Å². The number of nitrogens with one attached hydrogen (secondary N) is 1. The highest BCUT2D eigenvalue weighted by molar-refractivity contribution is 7.88. The molecule has 11 heteroatoms. The van der Waals surface area contributed by atoms with Gasteiger partial charge in [-0.05, 0) is 31.0 Å². The molecule has 0 aliphatic carbocycles. The van der Waals surface area contributed by atoms with Crippen molar-refractivity contribution in [1.29, 1.82) is 0 Å². The van der Waals surface area contributed by atoms with Gasteiger partial charge in [0, 0.05) is 24.7 Å². The molecule has 32 heavy (non-hydrogen) atoms. The maximum Gasteiger partial charge on any atom is 0.326 e. The van der Waals surface area contributed by atoms with Gasteiger partial charge in [-0.3, -0.25) is 4.90 Å². The first-order valence-electron chi connectivity index (χ1n) is 10.1. The van der Waals surface area contributed by atoms with Gasteiger partial charge in [0.25, 0.3) is 0 Å². The molecule has 2 saturated heterocycles. The fraction of sp³-hybridized carbons (Fsp3) is 0.333. The van der Waals surface area contributed by atoms with Crippen LogP contribution in [-0.2, 0) is 10.0 Å². The Morgan fingerprint density at radius 1 is 1.09 bits per heavy atom. The minimum absolute atomic E-state index is 0.121. The molecule has 0 unspecified atom stereocenters. The molecule has 2 aliphatic rings. The van der Waals surface area contributed by atoms with Crippen LogP contribution in [0.5, 0.6) is 0 Å². The molecule has 1 N–H and O–H groups in total. The van der Waals surface area contributed by atoms with Crippen molar-refractivity contribution in [2.45, 2.75) is 24.9 Å². The van der Waals surface area contributed by atoms with Crippen molar-refractivity contribution in [3.63, 3.8) is 0 Å². The molecule has 2 aromatic carbocycles. The summed E-state index contributed by atoms with van der Waals surface area (Å²) in [5.74, 6) is -1.28. The summed E-state index contributed by atoms with van der Waals surface area (Å²) in [5, 5.41) is 4.40. The van der Waals surface area contributed by atoms with E-state index in [-0.39, 0.29) is 41.6 Å². The standard InChI is InChI=1S/C21H20F2N4O4S/c1-32(29,30)25-12-8-9-13-11-27(21(28)26(13)10-12)20-19-14(4-2-7-17(19)31-24-20)18-15(22)5-3-6-16(18)23/h2-7,12-13,25H,8-11H2,1H3/t12-,13-/m1/s1. The number of fused-ring (bicyclic) bond motifs is 2. The smallest absolute Gasteiger partial charge is 0.326 e. The number of nitrogens with zero attached hydrogens (tertiary/aromatic N) is 3. The summed E-state index contributed by atoms with van der Waals surface area (Å²) >= 11 is 0. The van der Waals surface area contributed by atoms with E-state index in [1.54, 1.807) is 23.1 Å². The molecular weight excluding hydrogens is 442 g/mol. The summed E-state index contributed by atoms with van der Waals surface area (Å²) in [5.41, 5.74) is 0.322. The molecule has 2 amide bonds. The Morgan fingerprint density at radius 2 is 1.81 bits per heavy atom. The number of urea groups is 1. The number of halogens is 2. The molecule has 0 radical (unpaired) electrons. The molecule has 2 aliphatic heterocycles. The highest BCUT2D eigenvalue weighted by Crippen LogP contribution is 2.40. The monoisotopic (exact) mass is 462 g/mol. The van der Waals surface area contributed by atoms with Crippen LogP contribution in [0, 0.1) is 11.6 Å². The van der Waals surface area contributed by atoms with E-state index in [9.17, 15) is 22.0 Å². The first kappa shape index (κ1) is 20.8. The molecule has 0 spiro atoms. The van der Waals surface area contributed by atoms with Gasteiger partial charge >= 0.3 is 6.03 Å². The average Bonchev–Trinajstić information content (AvgIpc) is 3.28. The second-order valence-electron chi connectivity index (χ2n) is 8.15. The van der Waals surface area contributed by atoms with Gasteiger partial charge in [-0.15, -0.1) is 0 Å². The van der Waals surface area contributed by atoms with Gasteiger partial charge in [-0.2, -0.15) is 0 Å². The topological polar surface area (TPSA) is 95.7 Å². The summed E-state index contributed by atoms with van der Waals surface area (Å²) in [6, 6.07) is 7.56. The van der Waals surface area contributed by atoms with E-state index in [1.807, 2.05) is 0 Å². The minimum Gasteiger partial charge on any atom is -0.354 e. The summed E-state index contributed by atoms with van der Waals surface area (Å²) in [6.07, 6.45) is 2.29. The zero-order chi connectivity index (χ0) is 22.6. The van der Waals surface area contributed by atoms with Crippen LogP contribution < -0.4 is 9.62 Å². The van der Waals surface area contributed by atoms with Crippen molar-refractivity contribution in [1.82, 2.24) is 14.8 Å². The van der Waals surface area contributed by atoms with Crippen LogP contribution >= 0.6 is 0 Å².